The van der Waals surface area contributed by atoms with Crippen LogP contribution in [0.15, 0.2) is 57.7 Å². The molecule has 2 heterocycles. The van der Waals surface area contributed by atoms with Crippen LogP contribution in [-0.4, -0.2) is 35.7 Å². The Bertz CT molecular complexity index is 1100. The Morgan fingerprint density at radius 1 is 1.07 bits per heavy atom. The summed E-state index contributed by atoms with van der Waals surface area (Å²) in [7, 11) is 0. The maximum Gasteiger partial charge on any atom is 0.290 e. The molecule has 0 bridgehead atoms. The Hall–Kier alpha value is -3.12. The lowest BCUT2D eigenvalue weighted by Gasteiger charge is -2.24. The molecule has 6 heteroatoms. The van der Waals surface area contributed by atoms with Crippen molar-refractivity contribution in [1.82, 2.24) is 4.90 Å². The van der Waals surface area contributed by atoms with Crippen molar-refractivity contribution >= 4 is 16.9 Å². The maximum absolute atomic E-state index is 13.2. The molecule has 1 aromatic heterocycles. The van der Waals surface area contributed by atoms with E-state index in [0.29, 0.717) is 23.1 Å². The van der Waals surface area contributed by atoms with Gasteiger partial charge in [-0.3, -0.25) is 9.59 Å². The molecule has 156 valence electrons. The van der Waals surface area contributed by atoms with Gasteiger partial charge in [0.25, 0.3) is 5.91 Å². The highest BCUT2D eigenvalue weighted by Gasteiger charge is 2.42. The molecule has 6 nitrogen and oxygen atoms in total. The molecule has 0 saturated carbocycles. The minimum atomic E-state index is -0.602. The van der Waals surface area contributed by atoms with Crippen LogP contribution < -0.4 is 10.2 Å². The van der Waals surface area contributed by atoms with Gasteiger partial charge in [-0.15, -0.1) is 0 Å². The highest BCUT2D eigenvalue weighted by molar-refractivity contribution is 5.99. The van der Waals surface area contributed by atoms with Gasteiger partial charge in [0, 0.05) is 6.54 Å². The van der Waals surface area contributed by atoms with E-state index in [2.05, 4.69) is 6.92 Å². The van der Waals surface area contributed by atoms with Crippen molar-refractivity contribution in [2.24, 2.45) is 0 Å². The number of ether oxygens (including phenoxy) is 1. The van der Waals surface area contributed by atoms with E-state index in [4.69, 9.17) is 9.15 Å². The predicted octanol–water partition coefficient (Wildman–Crippen LogP) is 3.90. The topological polar surface area (TPSA) is 80.0 Å². The number of amides is 1. The number of hydrogen-bond acceptors (Lipinski definition) is 5. The minimum absolute atomic E-state index is 0.0528. The van der Waals surface area contributed by atoms with Gasteiger partial charge >= 0.3 is 0 Å². The second kappa shape index (κ2) is 8.71. The van der Waals surface area contributed by atoms with Crippen LogP contribution in [0.25, 0.3) is 11.0 Å². The molecule has 1 amide bonds. The number of para-hydroxylation sites is 1. The van der Waals surface area contributed by atoms with Gasteiger partial charge in [-0.05, 0) is 36.2 Å². The van der Waals surface area contributed by atoms with E-state index >= 15 is 0 Å². The first-order valence-corrected chi connectivity index (χ1v) is 10.4. The summed E-state index contributed by atoms with van der Waals surface area (Å²) in [6.07, 6.45) is 3.26. The minimum Gasteiger partial charge on any atom is -0.494 e. The number of aliphatic hydroxyl groups excluding tert-OH is 1. The summed E-state index contributed by atoms with van der Waals surface area (Å²) in [6.45, 7) is 2.71. The van der Waals surface area contributed by atoms with Crippen molar-refractivity contribution in [3.8, 4) is 5.75 Å². The summed E-state index contributed by atoms with van der Waals surface area (Å²) in [6, 6.07) is 13.7. The fraction of sp³-hybridized carbons (Fsp3) is 0.333. The number of unbranched alkanes of at least 4 members (excludes halogenated alkanes) is 2. The lowest BCUT2D eigenvalue weighted by molar-refractivity contribution is 0.0691. The van der Waals surface area contributed by atoms with Gasteiger partial charge in [0.15, 0.2) is 5.43 Å². The smallest absolute Gasteiger partial charge is 0.290 e. The Labute approximate surface area is 174 Å². The molecular weight excluding hydrogens is 382 g/mol. The number of carbonyl (C=O) groups is 1. The molecule has 2 aromatic carbocycles. The summed E-state index contributed by atoms with van der Waals surface area (Å²) < 4.78 is 11.6. The molecule has 0 fully saturated rings. The SMILES string of the molecule is CCCCCOc1ccc([C@H]2c3c(oc4ccccc4c3=O)C(=O)N2CCO)cc1. The fourth-order valence-electron chi connectivity index (χ4n) is 3.94. The number of fused-ring (bicyclic) bond motifs is 2. The molecule has 1 aliphatic heterocycles. The predicted molar refractivity (Wildman–Crippen MR) is 114 cm³/mol. The van der Waals surface area contributed by atoms with Crippen molar-refractivity contribution in [3.63, 3.8) is 0 Å². The van der Waals surface area contributed by atoms with Crippen molar-refractivity contribution < 1.29 is 19.1 Å². The first kappa shape index (κ1) is 20.2. The molecule has 0 unspecified atom stereocenters. The average molecular weight is 407 g/mol. The summed E-state index contributed by atoms with van der Waals surface area (Å²) in [5.41, 5.74) is 1.27. The zero-order valence-corrected chi connectivity index (χ0v) is 17.0. The van der Waals surface area contributed by atoms with Crippen molar-refractivity contribution in [2.45, 2.75) is 32.2 Å². The Morgan fingerprint density at radius 2 is 1.83 bits per heavy atom. The lowest BCUT2D eigenvalue weighted by atomic mass is 9.98. The van der Waals surface area contributed by atoms with Gasteiger partial charge in [-0.1, -0.05) is 44.0 Å². The molecule has 0 saturated heterocycles. The van der Waals surface area contributed by atoms with Crippen LogP contribution in [0.5, 0.6) is 5.75 Å². The Kier molecular flexibility index (Phi) is 5.86. The number of carbonyl (C=O) groups excluding carboxylic acids is 1. The standard InChI is InChI=1S/C24H25NO5/c1-2-3-6-15-29-17-11-9-16(10-12-17)21-20-22(27)18-7-4-5-8-19(18)30-23(20)24(28)25(21)13-14-26/h4-5,7-12,21,26H,2-3,6,13-15H2,1H3/t21-/m0/s1. The summed E-state index contributed by atoms with van der Waals surface area (Å²) in [5.74, 6) is 0.419. The number of nitrogens with zero attached hydrogens (tertiary/aromatic N) is 1. The summed E-state index contributed by atoms with van der Waals surface area (Å²) in [5, 5.41) is 9.95. The molecule has 0 radical (unpaired) electrons. The van der Waals surface area contributed by atoms with E-state index in [9.17, 15) is 14.7 Å². The zero-order valence-electron chi connectivity index (χ0n) is 17.0. The molecule has 1 aliphatic rings. The average Bonchev–Trinajstić information content (AvgIpc) is 3.04. The van der Waals surface area contributed by atoms with Gasteiger partial charge in [-0.2, -0.15) is 0 Å². The van der Waals surface area contributed by atoms with E-state index < -0.39 is 6.04 Å². The second-order valence-electron chi connectivity index (χ2n) is 7.42. The van der Waals surface area contributed by atoms with Crippen LogP contribution in [0.1, 0.15) is 53.9 Å². The monoisotopic (exact) mass is 407 g/mol. The number of hydrogen-bond donors (Lipinski definition) is 1. The molecule has 3 aromatic rings. The van der Waals surface area contributed by atoms with Crippen LogP contribution in [0, 0.1) is 0 Å². The third kappa shape index (κ3) is 3.59. The van der Waals surface area contributed by atoms with E-state index in [1.165, 1.54) is 4.90 Å². The van der Waals surface area contributed by atoms with Gasteiger partial charge in [0.1, 0.15) is 11.3 Å². The van der Waals surface area contributed by atoms with Crippen LogP contribution in [0.3, 0.4) is 0 Å². The fourth-order valence-corrected chi connectivity index (χ4v) is 3.94. The van der Waals surface area contributed by atoms with Crippen molar-refractivity contribution in [1.29, 1.82) is 0 Å². The van der Waals surface area contributed by atoms with E-state index in [1.54, 1.807) is 24.3 Å². The normalized spacial score (nSPS) is 15.6. The molecular formula is C24H25NO5. The highest BCUT2D eigenvalue weighted by Crippen LogP contribution is 2.38. The van der Waals surface area contributed by atoms with Gasteiger partial charge in [-0.25, -0.2) is 0 Å². The number of rotatable bonds is 8. The molecule has 1 atom stereocenters. The molecule has 0 aliphatic carbocycles. The van der Waals surface area contributed by atoms with Gasteiger partial charge in [0.05, 0.1) is 30.2 Å². The lowest BCUT2D eigenvalue weighted by Crippen LogP contribution is -2.32. The highest BCUT2D eigenvalue weighted by atomic mass is 16.5. The first-order chi connectivity index (χ1) is 14.7. The molecule has 4 rings (SSSR count). The summed E-state index contributed by atoms with van der Waals surface area (Å²) >= 11 is 0. The second-order valence-corrected chi connectivity index (χ2v) is 7.42. The van der Waals surface area contributed by atoms with Crippen LogP contribution >= 0.6 is 0 Å². The molecule has 0 spiro atoms. The third-order valence-corrected chi connectivity index (χ3v) is 5.43. The Morgan fingerprint density at radius 3 is 2.57 bits per heavy atom. The number of aliphatic hydroxyl groups is 1. The first-order valence-electron chi connectivity index (χ1n) is 10.4. The van der Waals surface area contributed by atoms with E-state index in [0.717, 1.165) is 30.6 Å². The van der Waals surface area contributed by atoms with Gasteiger partial charge < -0.3 is 19.2 Å². The van der Waals surface area contributed by atoms with E-state index in [-0.39, 0.29) is 30.2 Å². The Balaban J connectivity index is 1.73. The van der Waals surface area contributed by atoms with E-state index in [1.807, 2.05) is 24.3 Å². The zero-order chi connectivity index (χ0) is 21.1. The quantitative estimate of drug-likeness (QED) is 0.573. The number of benzene rings is 2. The summed E-state index contributed by atoms with van der Waals surface area (Å²) in [4.78, 5) is 27.7. The van der Waals surface area contributed by atoms with Crippen LogP contribution in [0.4, 0.5) is 0 Å². The van der Waals surface area contributed by atoms with Crippen LogP contribution in [0.2, 0.25) is 0 Å². The molecule has 30 heavy (non-hydrogen) atoms. The van der Waals surface area contributed by atoms with Crippen molar-refractivity contribution in [2.75, 3.05) is 19.8 Å². The van der Waals surface area contributed by atoms with Gasteiger partial charge in [0.2, 0.25) is 5.76 Å². The van der Waals surface area contributed by atoms with Crippen molar-refractivity contribution in [3.05, 3.63) is 75.6 Å². The largest absolute Gasteiger partial charge is 0.494 e. The number of β-amino-alcohol motifs (C(OH)–C–C–N with tert-alkyl or cyclic N) is 1. The molecule has 1 N–H and O–H groups in total. The van der Waals surface area contributed by atoms with Crippen LogP contribution in [-0.2, 0) is 0 Å². The maximum atomic E-state index is 13.2. The third-order valence-electron chi connectivity index (χ3n) is 5.43.